The lowest BCUT2D eigenvalue weighted by molar-refractivity contribution is -0.126. The Balaban J connectivity index is 2.03. The van der Waals surface area contributed by atoms with Crippen LogP contribution >= 0.6 is 15.9 Å². The monoisotopic (exact) mass is 352 g/mol. The molecule has 3 atom stereocenters. The molecule has 0 radical (unpaired) electrons. The van der Waals surface area contributed by atoms with Crippen molar-refractivity contribution in [2.45, 2.75) is 57.5 Å². The topological polar surface area (TPSA) is 55.1 Å². The van der Waals surface area contributed by atoms with Crippen molar-refractivity contribution in [2.24, 2.45) is 11.7 Å². The fraction of sp³-hybridized carbons (Fsp3) is 0.588. The highest BCUT2D eigenvalue weighted by Crippen LogP contribution is 2.25. The summed E-state index contributed by atoms with van der Waals surface area (Å²) < 4.78 is 1.05. The molecule has 3 N–H and O–H groups in total. The van der Waals surface area contributed by atoms with Gasteiger partial charge >= 0.3 is 0 Å². The van der Waals surface area contributed by atoms with Gasteiger partial charge in [-0.2, -0.15) is 0 Å². The van der Waals surface area contributed by atoms with Gasteiger partial charge in [0.1, 0.15) is 0 Å². The summed E-state index contributed by atoms with van der Waals surface area (Å²) >= 11 is 3.44. The number of rotatable bonds is 4. The summed E-state index contributed by atoms with van der Waals surface area (Å²) in [7, 11) is 0. The second kappa shape index (κ2) is 7.95. The lowest BCUT2D eigenvalue weighted by Crippen LogP contribution is -2.42. The van der Waals surface area contributed by atoms with Crippen LogP contribution in [0.3, 0.4) is 0 Å². The molecule has 21 heavy (non-hydrogen) atoms. The molecule has 0 aromatic heterocycles. The van der Waals surface area contributed by atoms with Crippen LogP contribution in [0.15, 0.2) is 28.7 Å². The first-order chi connectivity index (χ1) is 10.1. The molecule has 0 bridgehead atoms. The lowest BCUT2D eigenvalue weighted by atomic mass is 9.93. The van der Waals surface area contributed by atoms with Crippen molar-refractivity contribution in [3.05, 3.63) is 34.3 Å². The molecule has 1 aromatic carbocycles. The van der Waals surface area contributed by atoms with Gasteiger partial charge in [-0.3, -0.25) is 4.79 Å². The molecule has 116 valence electrons. The van der Waals surface area contributed by atoms with E-state index in [-0.39, 0.29) is 23.9 Å². The van der Waals surface area contributed by atoms with Crippen LogP contribution in [0.4, 0.5) is 0 Å². The molecular formula is C17H25BrN2O. The van der Waals surface area contributed by atoms with Crippen LogP contribution < -0.4 is 11.1 Å². The average molecular weight is 353 g/mol. The normalized spacial score (nSPS) is 24.1. The Kier molecular flexibility index (Phi) is 6.24. The maximum absolute atomic E-state index is 12.6. The molecule has 4 heteroatoms. The minimum absolute atomic E-state index is 0.00919. The summed E-state index contributed by atoms with van der Waals surface area (Å²) in [5, 5.41) is 3.20. The molecule has 3 unspecified atom stereocenters. The molecule has 0 saturated heterocycles. The minimum Gasteiger partial charge on any atom is -0.349 e. The highest BCUT2D eigenvalue weighted by molar-refractivity contribution is 9.10. The zero-order chi connectivity index (χ0) is 15.2. The van der Waals surface area contributed by atoms with E-state index < -0.39 is 0 Å². The fourth-order valence-corrected chi connectivity index (χ4v) is 3.32. The zero-order valence-electron chi connectivity index (χ0n) is 12.6. The van der Waals surface area contributed by atoms with Crippen molar-refractivity contribution < 1.29 is 4.79 Å². The van der Waals surface area contributed by atoms with Gasteiger partial charge in [0.25, 0.3) is 0 Å². The van der Waals surface area contributed by atoms with Crippen molar-refractivity contribution in [2.75, 3.05) is 0 Å². The van der Waals surface area contributed by atoms with E-state index in [1.54, 1.807) is 0 Å². The van der Waals surface area contributed by atoms with E-state index in [1.807, 2.05) is 12.1 Å². The molecule has 0 spiro atoms. The Hall–Kier alpha value is -0.870. The molecule has 1 aromatic rings. The van der Waals surface area contributed by atoms with Crippen molar-refractivity contribution in [3.8, 4) is 0 Å². The third-order valence-electron chi connectivity index (χ3n) is 4.40. The number of nitrogens with one attached hydrogen (secondary N) is 1. The van der Waals surface area contributed by atoms with Crippen LogP contribution in [0.2, 0.25) is 0 Å². The molecule has 2 rings (SSSR count). The van der Waals surface area contributed by atoms with Crippen LogP contribution in [0, 0.1) is 5.92 Å². The SMILES string of the molecule is CCC(NC(=O)C1CCCCCC1N)c1ccc(Br)cc1. The Bertz CT molecular complexity index is 460. The largest absolute Gasteiger partial charge is 0.349 e. The molecule has 1 aliphatic carbocycles. The quantitative estimate of drug-likeness (QED) is 0.806. The number of benzene rings is 1. The Morgan fingerprint density at radius 3 is 2.62 bits per heavy atom. The highest BCUT2D eigenvalue weighted by atomic mass is 79.9. The predicted octanol–water partition coefficient (Wildman–Crippen LogP) is 3.92. The van der Waals surface area contributed by atoms with Crippen molar-refractivity contribution in [1.82, 2.24) is 5.32 Å². The summed E-state index contributed by atoms with van der Waals surface area (Å²) in [6.45, 7) is 2.10. The number of amides is 1. The van der Waals surface area contributed by atoms with Gasteiger partial charge in [-0.25, -0.2) is 0 Å². The fourth-order valence-electron chi connectivity index (χ4n) is 3.06. The Morgan fingerprint density at radius 1 is 1.29 bits per heavy atom. The molecule has 1 saturated carbocycles. The minimum atomic E-state index is -0.0306. The smallest absolute Gasteiger partial charge is 0.225 e. The second-order valence-corrected chi connectivity index (χ2v) is 6.85. The first-order valence-corrected chi connectivity index (χ1v) is 8.72. The third kappa shape index (κ3) is 4.55. The summed E-state index contributed by atoms with van der Waals surface area (Å²) in [4.78, 5) is 12.6. The third-order valence-corrected chi connectivity index (χ3v) is 4.93. The second-order valence-electron chi connectivity index (χ2n) is 5.93. The zero-order valence-corrected chi connectivity index (χ0v) is 14.2. The Morgan fingerprint density at radius 2 is 1.95 bits per heavy atom. The molecule has 1 amide bonds. The average Bonchev–Trinajstić information content (AvgIpc) is 2.70. The van der Waals surface area contributed by atoms with Gasteiger partial charge in [0, 0.05) is 10.5 Å². The van der Waals surface area contributed by atoms with Crippen molar-refractivity contribution >= 4 is 21.8 Å². The summed E-state index contributed by atoms with van der Waals surface area (Å²) in [6.07, 6.45) is 6.23. The molecule has 0 aliphatic heterocycles. The number of hydrogen-bond donors (Lipinski definition) is 2. The van der Waals surface area contributed by atoms with Gasteiger partial charge in [0.15, 0.2) is 0 Å². The van der Waals surface area contributed by atoms with E-state index in [1.165, 1.54) is 6.42 Å². The van der Waals surface area contributed by atoms with Gasteiger partial charge in [-0.1, -0.05) is 54.2 Å². The highest BCUT2D eigenvalue weighted by Gasteiger charge is 2.28. The van der Waals surface area contributed by atoms with E-state index in [4.69, 9.17) is 5.73 Å². The summed E-state index contributed by atoms with van der Waals surface area (Å²) in [5.41, 5.74) is 7.34. The van der Waals surface area contributed by atoms with Crippen molar-refractivity contribution in [1.29, 1.82) is 0 Å². The van der Waals surface area contributed by atoms with E-state index in [0.717, 1.165) is 42.1 Å². The number of hydrogen-bond acceptors (Lipinski definition) is 2. The molecule has 3 nitrogen and oxygen atoms in total. The number of halogens is 1. The van der Waals surface area contributed by atoms with Gasteiger partial charge in [0.05, 0.1) is 12.0 Å². The first kappa shape index (κ1) is 16.5. The Labute approximate surface area is 135 Å². The van der Waals surface area contributed by atoms with Gasteiger partial charge in [-0.05, 0) is 37.0 Å². The van der Waals surface area contributed by atoms with Gasteiger partial charge in [-0.15, -0.1) is 0 Å². The van der Waals surface area contributed by atoms with Crippen molar-refractivity contribution in [3.63, 3.8) is 0 Å². The lowest BCUT2D eigenvalue weighted by Gasteiger charge is -2.24. The van der Waals surface area contributed by atoms with Gasteiger partial charge in [0.2, 0.25) is 5.91 Å². The van der Waals surface area contributed by atoms with Crippen LogP contribution in [0.25, 0.3) is 0 Å². The standard InChI is InChI=1S/C17H25BrN2O/c1-2-16(12-8-10-13(18)11-9-12)20-17(21)14-6-4-3-5-7-15(14)19/h8-11,14-16H,2-7,19H2,1H3,(H,20,21). The number of carbonyl (C=O) groups is 1. The van der Waals surface area contributed by atoms with Crippen LogP contribution in [-0.2, 0) is 4.79 Å². The summed E-state index contributed by atoms with van der Waals surface area (Å²) in [5.74, 6) is 0.0937. The molecule has 1 aliphatic rings. The van der Waals surface area contributed by atoms with E-state index in [0.29, 0.717) is 0 Å². The van der Waals surface area contributed by atoms with E-state index in [9.17, 15) is 4.79 Å². The van der Waals surface area contributed by atoms with E-state index >= 15 is 0 Å². The molecular weight excluding hydrogens is 328 g/mol. The molecule has 0 heterocycles. The van der Waals surface area contributed by atoms with Crippen LogP contribution in [0.1, 0.15) is 57.1 Å². The molecule has 1 fully saturated rings. The maximum atomic E-state index is 12.6. The predicted molar refractivity (Wildman–Crippen MR) is 89.9 cm³/mol. The number of nitrogens with two attached hydrogens (primary N) is 1. The van der Waals surface area contributed by atoms with E-state index in [2.05, 4.69) is 40.3 Å². The van der Waals surface area contributed by atoms with Crippen LogP contribution in [0.5, 0.6) is 0 Å². The maximum Gasteiger partial charge on any atom is 0.225 e. The van der Waals surface area contributed by atoms with Gasteiger partial charge < -0.3 is 11.1 Å². The first-order valence-electron chi connectivity index (χ1n) is 7.93. The summed E-state index contributed by atoms with van der Waals surface area (Å²) in [6, 6.07) is 8.23. The van der Waals surface area contributed by atoms with Crippen LogP contribution in [-0.4, -0.2) is 11.9 Å². The number of carbonyl (C=O) groups excluding carboxylic acids is 1.